The number of carboxylic acid groups (broad SMARTS) is 1. The fourth-order valence-electron chi connectivity index (χ4n) is 6.70. The minimum Gasteiger partial charge on any atom is -0.477 e. The highest BCUT2D eigenvalue weighted by Gasteiger charge is 2.57. The molecule has 0 aromatic carbocycles. The molecule has 0 radical (unpaired) electrons. The Bertz CT molecular complexity index is 1410. The molecule has 1 amide bonds. The molecule has 2 heterocycles. The van der Waals surface area contributed by atoms with Crippen molar-refractivity contribution in [1.29, 1.82) is 0 Å². The Kier molecular flexibility index (Phi) is 10.1. The van der Waals surface area contributed by atoms with Gasteiger partial charge in [0.2, 0.25) is 11.8 Å². The number of carboxylic acids is 1. The van der Waals surface area contributed by atoms with Gasteiger partial charge in [-0.2, -0.15) is 13.2 Å². The van der Waals surface area contributed by atoms with E-state index in [0.29, 0.717) is 43.9 Å². The third-order valence-electron chi connectivity index (χ3n) is 9.54. The van der Waals surface area contributed by atoms with Gasteiger partial charge in [0.05, 0.1) is 10.6 Å². The van der Waals surface area contributed by atoms with Crippen LogP contribution in [0.15, 0.2) is 24.4 Å². The first kappa shape index (κ1) is 33.3. The number of aromatic nitrogens is 1. The molecular weight excluding hydrogens is 603 g/mol. The lowest BCUT2D eigenvalue weighted by atomic mass is 9.69. The first-order valence-corrected chi connectivity index (χ1v) is 16.7. The molecule has 244 valence electrons. The lowest BCUT2D eigenvalue weighted by Crippen LogP contribution is -2.47. The number of nitrogens with zero attached hydrogens (tertiary/aromatic N) is 3. The summed E-state index contributed by atoms with van der Waals surface area (Å²) in [4.78, 5) is 35.0. The van der Waals surface area contributed by atoms with Gasteiger partial charge in [0, 0.05) is 30.8 Å². The van der Waals surface area contributed by atoms with Crippen LogP contribution >= 0.6 is 11.3 Å². The Morgan fingerprint density at radius 3 is 2.31 bits per heavy atom. The number of ether oxygens (including phenoxy) is 1. The van der Waals surface area contributed by atoms with E-state index in [2.05, 4.69) is 28.6 Å². The second-order valence-electron chi connectivity index (χ2n) is 13.3. The Labute approximate surface area is 267 Å². The Hall–Kier alpha value is -3.10. The van der Waals surface area contributed by atoms with Crippen molar-refractivity contribution in [2.75, 3.05) is 19.0 Å². The third-order valence-corrected chi connectivity index (χ3v) is 10.6. The molecule has 11 heteroatoms. The highest BCUT2D eigenvalue weighted by Crippen LogP contribution is 2.52. The summed E-state index contributed by atoms with van der Waals surface area (Å²) in [5, 5.41) is 10.2. The minimum atomic E-state index is -4.45. The predicted molar refractivity (Wildman–Crippen MR) is 167 cm³/mol. The summed E-state index contributed by atoms with van der Waals surface area (Å²) >= 11 is 0.847. The number of amides is 1. The minimum absolute atomic E-state index is 0.0563. The van der Waals surface area contributed by atoms with Crippen molar-refractivity contribution in [2.45, 2.75) is 102 Å². The molecule has 3 aliphatic carbocycles. The average Bonchev–Trinajstić information content (AvgIpc) is 3.38. The summed E-state index contributed by atoms with van der Waals surface area (Å²) in [5.74, 6) is 4.64. The van der Waals surface area contributed by atoms with E-state index in [1.165, 1.54) is 6.07 Å². The van der Waals surface area contributed by atoms with Crippen LogP contribution in [-0.4, -0.2) is 59.3 Å². The number of alkyl halides is 3. The second kappa shape index (κ2) is 13.7. The van der Waals surface area contributed by atoms with Gasteiger partial charge in [-0.05, 0) is 102 Å². The van der Waals surface area contributed by atoms with Gasteiger partial charge >= 0.3 is 12.1 Å². The molecule has 0 atom stereocenters. The maximum Gasteiger partial charge on any atom is 0.405 e. The zero-order valence-electron chi connectivity index (χ0n) is 26.2. The fraction of sp³-hybridized carbons (Fsp3) is 0.618. The average molecular weight is 646 g/mol. The largest absolute Gasteiger partial charge is 0.477 e. The van der Waals surface area contributed by atoms with E-state index in [-0.39, 0.29) is 52.3 Å². The van der Waals surface area contributed by atoms with Gasteiger partial charge in [0.25, 0.3) is 0 Å². The molecule has 3 aliphatic rings. The van der Waals surface area contributed by atoms with Crippen LogP contribution in [0.1, 0.15) is 97.7 Å². The van der Waals surface area contributed by atoms with E-state index in [9.17, 15) is 27.9 Å². The van der Waals surface area contributed by atoms with Crippen molar-refractivity contribution < 1.29 is 32.6 Å². The molecule has 2 aromatic rings. The number of pyridine rings is 1. The maximum absolute atomic E-state index is 14.2. The number of carbonyl (C=O) groups excluding carboxylic acids is 1. The van der Waals surface area contributed by atoms with E-state index in [1.807, 2.05) is 26.2 Å². The van der Waals surface area contributed by atoms with Crippen molar-refractivity contribution >= 4 is 28.9 Å². The summed E-state index contributed by atoms with van der Waals surface area (Å²) in [6.45, 7) is 2.95. The molecule has 0 saturated heterocycles. The van der Waals surface area contributed by atoms with Crippen LogP contribution < -0.4 is 9.64 Å². The third kappa shape index (κ3) is 7.66. The fourth-order valence-corrected chi connectivity index (χ4v) is 7.54. The number of carbonyl (C=O) groups is 2. The van der Waals surface area contributed by atoms with Crippen LogP contribution in [0.3, 0.4) is 0 Å². The van der Waals surface area contributed by atoms with Gasteiger partial charge in [0.1, 0.15) is 16.4 Å². The number of hydrogen-bond donors (Lipinski definition) is 1. The van der Waals surface area contributed by atoms with E-state index in [4.69, 9.17) is 4.74 Å². The predicted octanol–water partition coefficient (Wildman–Crippen LogP) is 7.54. The van der Waals surface area contributed by atoms with E-state index < -0.39 is 17.6 Å². The SMILES string of the molecule is CC1CCC(C(=O)N(c2cc(C#CC3(C(F)(F)F)CCC3)sc2C(=O)O)C2CCC(Oc3ccc(CN(C)C)cn3)CC2)CC1. The van der Waals surface area contributed by atoms with Crippen LogP contribution in [0, 0.1) is 29.1 Å². The van der Waals surface area contributed by atoms with Gasteiger partial charge in [-0.15, -0.1) is 11.3 Å². The molecule has 2 aromatic heterocycles. The lowest BCUT2D eigenvalue weighted by Gasteiger charge is -2.39. The number of thiophene rings is 1. The van der Waals surface area contributed by atoms with E-state index in [1.54, 1.807) is 11.1 Å². The normalized spacial score (nSPS) is 24.7. The number of anilines is 1. The molecule has 7 nitrogen and oxygen atoms in total. The van der Waals surface area contributed by atoms with Gasteiger partial charge in [-0.25, -0.2) is 9.78 Å². The van der Waals surface area contributed by atoms with Gasteiger partial charge < -0.3 is 19.6 Å². The van der Waals surface area contributed by atoms with Crippen molar-refractivity contribution in [1.82, 2.24) is 9.88 Å². The summed E-state index contributed by atoms with van der Waals surface area (Å²) in [7, 11) is 3.99. The van der Waals surface area contributed by atoms with Crippen LogP contribution in [0.2, 0.25) is 0 Å². The number of hydrogen-bond acceptors (Lipinski definition) is 6. The quantitative estimate of drug-likeness (QED) is 0.299. The van der Waals surface area contributed by atoms with Gasteiger partial charge in [-0.3, -0.25) is 4.79 Å². The maximum atomic E-state index is 14.2. The monoisotopic (exact) mass is 645 g/mol. The molecule has 0 aliphatic heterocycles. The van der Waals surface area contributed by atoms with E-state index in [0.717, 1.165) is 49.1 Å². The lowest BCUT2D eigenvalue weighted by molar-refractivity contribution is -0.225. The van der Waals surface area contributed by atoms with Crippen molar-refractivity contribution in [3.05, 3.63) is 39.7 Å². The highest BCUT2D eigenvalue weighted by molar-refractivity contribution is 7.15. The first-order valence-electron chi connectivity index (χ1n) is 15.9. The molecule has 0 unspecified atom stereocenters. The molecule has 3 fully saturated rings. The summed E-state index contributed by atoms with van der Waals surface area (Å²) in [5.41, 5.74) is -0.718. The van der Waals surface area contributed by atoms with Gasteiger partial charge in [0.15, 0.2) is 0 Å². The van der Waals surface area contributed by atoms with Crippen LogP contribution in [0.25, 0.3) is 0 Å². The Balaban J connectivity index is 1.38. The van der Waals surface area contributed by atoms with Crippen molar-refractivity contribution in [3.8, 4) is 17.7 Å². The highest BCUT2D eigenvalue weighted by atomic mass is 32.1. The summed E-state index contributed by atoms with van der Waals surface area (Å²) in [6, 6.07) is 5.12. The molecular formula is C34H42F3N3O4S. The Morgan fingerprint density at radius 1 is 1.09 bits per heavy atom. The van der Waals surface area contributed by atoms with Crippen LogP contribution in [-0.2, 0) is 11.3 Å². The van der Waals surface area contributed by atoms with Crippen molar-refractivity contribution in [2.24, 2.45) is 17.3 Å². The summed E-state index contributed by atoms with van der Waals surface area (Å²) in [6.07, 6.45) is 3.45. The Morgan fingerprint density at radius 2 is 1.78 bits per heavy atom. The van der Waals surface area contributed by atoms with Gasteiger partial charge in [-0.1, -0.05) is 24.8 Å². The second-order valence-corrected chi connectivity index (χ2v) is 14.3. The van der Waals surface area contributed by atoms with Crippen LogP contribution in [0.4, 0.5) is 18.9 Å². The molecule has 45 heavy (non-hydrogen) atoms. The van der Waals surface area contributed by atoms with Crippen molar-refractivity contribution in [3.63, 3.8) is 0 Å². The first-order chi connectivity index (χ1) is 21.3. The molecule has 0 bridgehead atoms. The molecule has 5 rings (SSSR count). The van der Waals surface area contributed by atoms with Crippen LogP contribution in [0.5, 0.6) is 5.88 Å². The number of aromatic carboxylic acids is 1. The summed E-state index contributed by atoms with van der Waals surface area (Å²) < 4.78 is 47.4. The zero-order chi connectivity index (χ0) is 32.4. The topological polar surface area (TPSA) is 83.0 Å². The number of rotatable bonds is 8. The molecule has 3 saturated carbocycles. The number of halogens is 3. The zero-order valence-corrected chi connectivity index (χ0v) is 27.0. The standard InChI is InChI=1S/C34H42F3N3O4S/c1-22-5-8-24(9-6-22)31(41)40(25-10-12-26(13-11-25)44-29-14-7-23(20-38-29)21-39(2)3)28-19-27(45-30(28)32(42)43)15-18-33(16-4-17-33)34(35,36)37/h7,14,19-20,22,24-26H,4-6,8-13,16-17,21H2,1-3H3,(H,42,43). The smallest absolute Gasteiger partial charge is 0.405 e. The van der Waals surface area contributed by atoms with E-state index >= 15 is 0 Å². The molecule has 0 spiro atoms. The molecule has 1 N–H and O–H groups in total.